The fourth-order valence-corrected chi connectivity index (χ4v) is 2.27. The molecule has 0 aromatic carbocycles. The zero-order chi connectivity index (χ0) is 12.8. The van der Waals surface area contributed by atoms with E-state index >= 15 is 0 Å². The molecule has 0 rings (SSSR count). The van der Waals surface area contributed by atoms with Gasteiger partial charge in [-0.25, -0.2) is 0 Å². The molecule has 0 heteroatoms. The van der Waals surface area contributed by atoms with Gasteiger partial charge < -0.3 is 0 Å². The van der Waals surface area contributed by atoms with Gasteiger partial charge in [-0.15, -0.1) is 0 Å². The van der Waals surface area contributed by atoms with Crippen molar-refractivity contribution in [1.82, 2.24) is 0 Å². The molecule has 0 heterocycles. The van der Waals surface area contributed by atoms with Crippen LogP contribution in [0.3, 0.4) is 0 Å². The molecule has 0 radical (unpaired) electrons. The van der Waals surface area contributed by atoms with Crippen LogP contribution in [0.25, 0.3) is 0 Å². The Labute approximate surface area is 104 Å². The minimum absolute atomic E-state index is 0.442. The molecule has 0 aliphatic rings. The molecule has 0 nitrogen and oxygen atoms in total. The molecule has 0 spiro atoms. The number of hydrogen-bond donors (Lipinski definition) is 0. The van der Waals surface area contributed by atoms with Crippen molar-refractivity contribution in [3.63, 3.8) is 0 Å². The van der Waals surface area contributed by atoms with Crippen molar-refractivity contribution in [2.24, 2.45) is 16.7 Å². The van der Waals surface area contributed by atoms with Gasteiger partial charge in [-0.2, -0.15) is 0 Å². The molecule has 0 aromatic rings. The summed E-state index contributed by atoms with van der Waals surface area (Å²) >= 11 is 0. The minimum atomic E-state index is 0.442. The molecule has 16 heavy (non-hydrogen) atoms. The highest BCUT2D eigenvalue weighted by Crippen LogP contribution is 2.47. The van der Waals surface area contributed by atoms with Crippen molar-refractivity contribution < 1.29 is 0 Å². The molecule has 0 atom stereocenters. The summed E-state index contributed by atoms with van der Waals surface area (Å²) in [5.74, 6) is 0.762. The van der Waals surface area contributed by atoms with Crippen molar-refractivity contribution in [3.05, 3.63) is 0 Å². The Morgan fingerprint density at radius 3 is 1.75 bits per heavy atom. The van der Waals surface area contributed by atoms with E-state index in [9.17, 15) is 0 Å². The molecular formula is C16H34. The van der Waals surface area contributed by atoms with Crippen molar-refractivity contribution in [2.75, 3.05) is 0 Å². The second-order valence-corrected chi connectivity index (χ2v) is 6.92. The summed E-state index contributed by atoms with van der Waals surface area (Å²) in [4.78, 5) is 0. The SMILES string of the molecule is CCCCCCCC(C)(C)C(C)(C)C(C)C. The Bertz CT molecular complexity index is 174. The Morgan fingerprint density at radius 2 is 1.31 bits per heavy atom. The summed E-state index contributed by atoms with van der Waals surface area (Å²) in [6.45, 7) is 16.8. The normalized spacial score (nSPS) is 13.5. The zero-order valence-electron chi connectivity index (χ0n) is 12.8. The second kappa shape index (κ2) is 6.67. The van der Waals surface area contributed by atoms with Gasteiger partial charge >= 0.3 is 0 Å². The Balaban J connectivity index is 4.04. The molecule has 0 unspecified atom stereocenters. The van der Waals surface area contributed by atoms with Crippen molar-refractivity contribution in [1.29, 1.82) is 0 Å². The highest BCUT2D eigenvalue weighted by Gasteiger charge is 2.38. The fourth-order valence-electron chi connectivity index (χ4n) is 2.27. The van der Waals surface area contributed by atoms with Crippen molar-refractivity contribution >= 4 is 0 Å². The first-order valence-corrected chi connectivity index (χ1v) is 7.25. The van der Waals surface area contributed by atoms with Crippen LogP contribution in [-0.4, -0.2) is 0 Å². The van der Waals surface area contributed by atoms with Crippen LogP contribution in [0.5, 0.6) is 0 Å². The standard InChI is InChI=1S/C16H34/c1-8-9-10-11-12-13-15(4,5)16(6,7)14(2)3/h14H,8-13H2,1-7H3. The van der Waals surface area contributed by atoms with Gasteiger partial charge in [0, 0.05) is 0 Å². The molecule has 0 saturated heterocycles. The third-order valence-corrected chi connectivity index (χ3v) is 5.09. The average molecular weight is 226 g/mol. The van der Waals surface area contributed by atoms with E-state index in [1.807, 2.05) is 0 Å². The van der Waals surface area contributed by atoms with Gasteiger partial charge in [-0.05, 0) is 23.2 Å². The first-order valence-electron chi connectivity index (χ1n) is 7.25. The maximum atomic E-state index is 2.45. The molecule has 0 N–H and O–H groups in total. The van der Waals surface area contributed by atoms with E-state index in [0.29, 0.717) is 10.8 Å². The third kappa shape index (κ3) is 4.47. The van der Waals surface area contributed by atoms with Gasteiger partial charge in [0.05, 0.1) is 0 Å². The highest BCUT2D eigenvalue weighted by molar-refractivity contribution is 4.88. The van der Waals surface area contributed by atoms with Crippen molar-refractivity contribution in [3.8, 4) is 0 Å². The lowest BCUT2D eigenvalue weighted by Crippen LogP contribution is -2.36. The summed E-state index contributed by atoms with van der Waals surface area (Å²) in [6.07, 6.45) is 8.39. The third-order valence-electron chi connectivity index (χ3n) is 5.09. The van der Waals surface area contributed by atoms with E-state index in [1.54, 1.807) is 0 Å². The zero-order valence-corrected chi connectivity index (χ0v) is 12.8. The second-order valence-electron chi connectivity index (χ2n) is 6.92. The maximum absolute atomic E-state index is 2.45. The quantitative estimate of drug-likeness (QED) is 0.442. The molecule has 0 aromatic heterocycles. The summed E-state index contributed by atoms with van der Waals surface area (Å²) in [7, 11) is 0. The van der Waals surface area contributed by atoms with Crippen LogP contribution in [0.15, 0.2) is 0 Å². The molecular weight excluding hydrogens is 192 g/mol. The Morgan fingerprint density at radius 1 is 0.812 bits per heavy atom. The van der Waals surface area contributed by atoms with Crippen LogP contribution < -0.4 is 0 Å². The van der Waals surface area contributed by atoms with Gasteiger partial charge in [0.15, 0.2) is 0 Å². The van der Waals surface area contributed by atoms with Crippen molar-refractivity contribution in [2.45, 2.75) is 87.0 Å². The van der Waals surface area contributed by atoms with Crippen LogP contribution in [0.2, 0.25) is 0 Å². The molecule has 0 bridgehead atoms. The first kappa shape index (κ1) is 16.0. The van der Waals surface area contributed by atoms with Crippen LogP contribution in [0.4, 0.5) is 0 Å². The highest BCUT2D eigenvalue weighted by atomic mass is 14.4. The lowest BCUT2D eigenvalue weighted by molar-refractivity contribution is 0.0451. The van der Waals surface area contributed by atoms with Gasteiger partial charge in [-0.1, -0.05) is 80.6 Å². The predicted molar refractivity (Wildman–Crippen MR) is 75.8 cm³/mol. The topological polar surface area (TPSA) is 0 Å². The summed E-state index contributed by atoms with van der Waals surface area (Å²) < 4.78 is 0. The van der Waals surface area contributed by atoms with E-state index in [0.717, 1.165) is 5.92 Å². The van der Waals surface area contributed by atoms with E-state index in [1.165, 1.54) is 38.5 Å². The first-order chi connectivity index (χ1) is 7.25. The Hall–Kier alpha value is 0. The number of unbranched alkanes of at least 4 members (excludes halogenated alkanes) is 4. The van der Waals surface area contributed by atoms with E-state index < -0.39 is 0 Å². The lowest BCUT2D eigenvalue weighted by atomic mass is 9.60. The number of hydrogen-bond acceptors (Lipinski definition) is 0. The molecule has 98 valence electrons. The van der Waals surface area contributed by atoms with Crippen LogP contribution in [-0.2, 0) is 0 Å². The molecule has 0 fully saturated rings. The summed E-state index contributed by atoms with van der Waals surface area (Å²) in [5, 5.41) is 0. The molecule has 0 aliphatic heterocycles. The maximum Gasteiger partial charge on any atom is -0.0280 e. The minimum Gasteiger partial charge on any atom is -0.0654 e. The van der Waals surface area contributed by atoms with Gasteiger partial charge in [-0.3, -0.25) is 0 Å². The predicted octanol–water partition coefficient (Wildman–Crippen LogP) is 6.06. The van der Waals surface area contributed by atoms with Gasteiger partial charge in [0.25, 0.3) is 0 Å². The Kier molecular flexibility index (Phi) is 6.67. The van der Waals surface area contributed by atoms with Crippen LogP contribution in [0.1, 0.15) is 87.0 Å². The number of rotatable bonds is 8. The van der Waals surface area contributed by atoms with Crippen LogP contribution in [0, 0.1) is 16.7 Å². The summed E-state index contributed by atoms with van der Waals surface area (Å²) in [5.41, 5.74) is 0.908. The van der Waals surface area contributed by atoms with E-state index in [4.69, 9.17) is 0 Å². The molecule has 0 amide bonds. The average Bonchev–Trinajstić information content (AvgIpc) is 2.16. The fraction of sp³-hybridized carbons (Fsp3) is 1.00. The van der Waals surface area contributed by atoms with E-state index in [2.05, 4.69) is 48.5 Å². The smallest absolute Gasteiger partial charge is 0.0280 e. The summed E-state index contributed by atoms with van der Waals surface area (Å²) in [6, 6.07) is 0. The van der Waals surface area contributed by atoms with Crippen LogP contribution >= 0.6 is 0 Å². The van der Waals surface area contributed by atoms with Gasteiger partial charge in [0.1, 0.15) is 0 Å². The van der Waals surface area contributed by atoms with E-state index in [-0.39, 0.29) is 0 Å². The lowest BCUT2D eigenvalue weighted by Gasteiger charge is -2.45. The largest absolute Gasteiger partial charge is 0.0654 e. The monoisotopic (exact) mass is 226 g/mol. The molecule has 0 aliphatic carbocycles. The molecule has 0 saturated carbocycles. The van der Waals surface area contributed by atoms with Gasteiger partial charge in [0.2, 0.25) is 0 Å².